The van der Waals surface area contributed by atoms with Gasteiger partial charge in [-0.3, -0.25) is 9.10 Å². The van der Waals surface area contributed by atoms with Crippen LogP contribution in [0.4, 0.5) is 5.69 Å². The molecule has 1 aliphatic rings. The van der Waals surface area contributed by atoms with Crippen molar-refractivity contribution in [1.82, 2.24) is 5.32 Å². The van der Waals surface area contributed by atoms with Gasteiger partial charge in [-0.25, -0.2) is 8.42 Å². The Balaban J connectivity index is 2.12. The Morgan fingerprint density at radius 3 is 2.35 bits per heavy atom. The summed E-state index contributed by atoms with van der Waals surface area (Å²) in [6.07, 6.45) is 0. The number of benzene rings is 2. The molecule has 0 spiro atoms. The molecule has 0 bridgehead atoms. The van der Waals surface area contributed by atoms with Crippen LogP contribution in [-0.4, -0.2) is 25.9 Å². The molecular weight excluding hydrogens is 312 g/mol. The van der Waals surface area contributed by atoms with E-state index in [1.807, 2.05) is 39.0 Å². The molecule has 3 rings (SSSR count). The van der Waals surface area contributed by atoms with Crippen molar-refractivity contribution < 1.29 is 13.2 Å². The van der Waals surface area contributed by atoms with Gasteiger partial charge in [-0.2, -0.15) is 0 Å². The fraction of sp³-hybridized carbons (Fsp3) is 0.353. The van der Waals surface area contributed by atoms with E-state index in [1.54, 1.807) is 25.1 Å². The lowest BCUT2D eigenvalue weighted by atomic mass is 10.1. The number of carbonyl (C=O) groups excluding carboxylic acids is 1. The lowest BCUT2D eigenvalue weighted by Crippen LogP contribution is -2.51. The van der Waals surface area contributed by atoms with Gasteiger partial charge in [-0.05, 0) is 45.2 Å². The molecule has 0 radical (unpaired) electrons. The van der Waals surface area contributed by atoms with E-state index < -0.39 is 21.6 Å². The summed E-state index contributed by atoms with van der Waals surface area (Å²) in [5.74, 6) is -0.314. The molecule has 0 saturated carbocycles. The molecule has 122 valence electrons. The van der Waals surface area contributed by atoms with E-state index in [-0.39, 0.29) is 10.8 Å². The molecule has 1 N–H and O–H groups in total. The van der Waals surface area contributed by atoms with Crippen LogP contribution in [0.15, 0.2) is 41.3 Å². The van der Waals surface area contributed by atoms with Gasteiger partial charge in [0, 0.05) is 10.9 Å². The number of anilines is 1. The molecule has 2 aromatic rings. The summed E-state index contributed by atoms with van der Waals surface area (Å²) in [6.45, 7) is 7.21. The summed E-state index contributed by atoms with van der Waals surface area (Å²) in [4.78, 5) is 12.8. The van der Waals surface area contributed by atoms with Gasteiger partial charge in [0.1, 0.15) is 6.04 Å². The Labute approximate surface area is 136 Å². The van der Waals surface area contributed by atoms with Crippen molar-refractivity contribution >= 4 is 32.4 Å². The largest absolute Gasteiger partial charge is 0.350 e. The van der Waals surface area contributed by atoms with Crippen LogP contribution in [0.2, 0.25) is 0 Å². The third-order valence-corrected chi connectivity index (χ3v) is 5.78. The van der Waals surface area contributed by atoms with E-state index in [0.717, 1.165) is 5.39 Å². The molecule has 23 heavy (non-hydrogen) atoms. The van der Waals surface area contributed by atoms with Gasteiger partial charge < -0.3 is 5.32 Å². The minimum atomic E-state index is -3.73. The molecule has 0 saturated heterocycles. The fourth-order valence-corrected chi connectivity index (χ4v) is 4.78. The van der Waals surface area contributed by atoms with Crippen molar-refractivity contribution in [2.45, 2.75) is 44.2 Å². The quantitative estimate of drug-likeness (QED) is 0.919. The normalized spacial score (nSPS) is 17.3. The van der Waals surface area contributed by atoms with E-state index in [4.69, 9.17) is 0 Å². The number of rotatable bonds is 2. The smallest absolute Gasteiger partial charge is 0.265 e. The first-order valence-electron chi connectivity index (χ1n) is 7.51. The van der Waals surface area contributed by atoms with Crippen molar-refractivity contribution in [3.05, 3.63) is 36.4 Å². The van der Waals surface area contributed by atoms with Gasteiger partial charge in [0.25, 0.3) is 10.0 Å². The van der Waals surface area contributed by atoms with Gasteiger partial charge >= 0.3 is 0 Å². The topological polar surface area (TPSA) is 66.5 Å². The van der Waals surface area contributed by atoms with Gasteiger partial charge in [0.05, 0.1) is 10.6 Å². The standard InChI is InChI=1S/C17H20N2O3S/c1-11(16(20)18-17(2,3)4)19-13-9-5-7-12-8-6-10-14(15(12)13)23(19,21)22/h5-11H,1-4H3,(H,18,20). The maximum atomic E-state index is 12.9. The van der Waals surface area contributed by atoms with Crippen LogP contribution < -0.4 is 9.62 Å². The van der Waals surface area contributed by atoms with Crippen LogP contribution in [0, 0.1) is 0 Å². The SMILES string of the molecule is CC(C(=O)NC(C)(C)C)N1c2cccc3cccc(c23)S1(=O)=O. The highest BCUT2D eigenvalue weighted by atomic mass is 32.2. The molecular formula is C17H20N2O3S. The average Bonchev–Trinajstić information content (AvgIpc) is 2.67. The fourth-order valence-electron chi connectivity index (χ4n) is 2.92. The second-order valence-corrected chi connectivity index (χ2v) is 8.63. The first-order chi connectivity index (χ1) is 10.6. The molecule has 1 amide bonds. The average molecular weight is 332 g/mol. The number of carbonyl (C=O) groups is 1. The molecule has 1 atom stereocenters. The predicted molar refractivity (Wildman–Crippen MR) is 91.0 cm³/mol. The van der Waals surface area contributed by atoms with Crippen LogP contribution in [0.3, 0.4) is 0 Å². The molecule has 0 aliphatic carbocycles. The summed E-state index contributed by atoms with van der Waals surface area (Å²) in [7, 11) is -3.73. The van der Waals surface area contributed by atoms with Gasteiger partial charge in [-0.1, -0.05) is 24.3 Å². The van der Waals surface area contributed by atoms with Crippen molar-refractivity contribution in [2.24, 2.45) is 0 Å². The maximum absolute atomic E-state index is 12.9. The van der Waals surface area contributed by atoms with Crippen LogP contribution >= 0.6 is 0 Å². The zero-order chi connectivity index (χ0) is 17.0. The zero-order valence-corrected chi connectivity index (χ0v) is 14.4. The van der Waals surface area contributed by atoms with E-state index in [9.17, 15) is 13.2 Å². The molecule has 2 aromatic carbocycles. The Morgan fingerprint density at radius 1 is 1.13 bits per heavy atom. The minimum absolute atomic E-state index is 0.265. The predicted octanol–water partition coefficient (Wildman–Crippen LogP) is 2.65. The number of nitrogens with zero attached hydrogens (tertiary/aromatic N) is 1. The summed E-state index contributed by atoms with van der Waals surface area (Å²) in [5, 5.41) is 4.39. The lowest BCUT2D eigenvalue weighted by molar-refractivity contribution is -0.123. The van der Waals surface area contributed by atoms with Crippen LogP contribution in [-0.2, 0) is 14.8 Å². The second-order valence-electron chi connectivity index (χ2n) is 6.85. The first-order valence-corrected chi connectivity index (χ1v) is 8.95. The number of amides is 1. The Hall–Kier alpha value is -2.08. The molecule has 5 nitrogen and oxygen atoms in total. The van der Waals surface area contributed by atoms with Crippen molar-refractivity contribution in [3.8, 4) is 0 Å². The molecule has 1 aliphatic heterocycles. The molecule has 0 aromatic heterocycles. The summed E-state index contributed by atoms with van der Waals surface area (Å²) in [5.41, 5.74) is 0.142. The van der Waals surface area contributed by atoms with E-state index >= 15 is 0 Å². The number of sulfonamides is 1. The summed E-state index contributed by atoms with van der Waals surface area (Å²) >= 11 is 0. The molecule has 0 fully saturated rings. The lowest BCUT2D eigenvalue weighted by Gasteiger charge is -2.29. The third kappa shape index (κ3) is 2.47. The van der Waals surface area contributed by atoms with E-state index in [0.29, 0.717) is 11.1 Å². The molecule has 6 heteroatoms. The molecule has 1 heterocycles. The number of hydrogen-bond acceptors (Lipinski definition) is 3. The summed E-state index contributed by atoms with van der Waals surface area (Å²) < 4.78 is 27.1. The van der Waals surface area contributed by atoms with Gasteiger partial charge in [0.15, 0.2) is 0 Å². The third-order valence-electron chi connectivity index (χ3n) is 3.85. The number of hydrogen-bond donors (Lipinski definition) is 1. The van der Waals surface area contributed by atoms with Gasteiger partial charge in [0.2, 0.25) is 5.91 Å². The first kappa shape index (κ1) is 15.8. The highest BCUT2D eigenvalue weighted by Crippen LogP contribution is 2.43. The maximum Gasteiger partial charge on any atom is 0.265 e. The van der Waals surface area contributed by atoms with Crippen LogP contribution in [0.1, 0.15) is 27.7 Å². The van der Waals surface area contributed by atoms with Gasteiger partial charge in [-0.15, -0.1) is 0 Å². The highest BCUT2D eigenvalue weighted by molar-refractivity contribution is 7.93. The molecule has 1 unspecified atom stereocenters. The second kappa shape index (κ2) is 4.96. The Kier molecular flexibility index (Phi) is 3.41. The zero-order valence-electron chi connectivity index (χ0n) is 13.6. The number of nitrogens with one attached hydrogen (secondary N) is 1. The van der Waals surface area contributed by atoms with Crippen molar-refractivity contribution in [2.75, 3.05) is 4.31 Å². The van der Waals surface area contributed by atoms with Crippen molar-refractivity contribution in [3.63, 3.8) is 0 Å². The minimum Gasteiger partial charge on any atom is -0.350 e. The van der Waals surface area contributed by atoms with E-state index in [2.05, 4.69) is 5.32 Å². The van der Waals surface area contributed by atoms with Crippen LogP contribution in [0.5, 0.6) is 0 Å². The monoisotopic (exact) mass is 332 g/mol. The van der Waals surface area contributed by atoms with Crippen LogP contribution in [0.25, 0.3) is 10.8 Å². The Morgan fingerprint density at radius 2 is 1.74 bits per heavy atom. The Bertz CT molecular complexity index is 892. The summed E-state index contributed by atoms with van der Waals surface area (Å²) in [6, 6.07) is 9.80. The highest BCUT2D eigenvalue weighted by Gasteiger charge is 2.41. The van der Waals surface area contributed by atoms with E-state index in [1.165, 1.54) is 4.31 Å². The van der Waals surface area contributed by atoms with Crippen molar-refractivity contribution in [1.29, 1.82) is 0 Å².